The molecule has 1 rings (SSSR count). The van der Waals surface area contributed by atoms with Crippen LogP contribution in [0.2, 0.25) is 0 Å². The van der Waals surface area contributed by atoms with Crippen molar-refractivity contribution in [2.75, 3.05) is 26.9 Å². The molecule has 0 saturated heterocycles. The van der Waals surface area contributed by atoms with E-state index in [0.29, 0.717) is 25.6 Å². The molecule has 2 N–H and O–H groups in total. The Labute approximate surface area is 119 Å². The van der Waals surface area contributed by atoms with Gasteiger partial charge in [-0.3, -0.25) is 4.79 Å². The number of aromatic nitrogens is 2. The number of nitrogens with one attached hydrogen (secondary N) is 2. The zero-order valence-corrected chi connectivity index (χ0v) is 12.6. The summed E-state index contributed by atoms with van der Waals surface area (Å²) in [5.74, 6) is 0.616. The normalized spacial score (nSPS) is 12.6. The molecule has 0 saturated carbocycles. The van der Waals surface area contributed by atoms with Crippen LogP contribution in [0.1, 0.15) is 44.3 Å². The van der Waals surface area contributed by atoms with E-state index in [2.05, 4.69) is 22.2 Å². The minimum atomic E-state index is -0.142. The number of hydrogen-bond acceptors (Lipinski definition) is 5. The summed E-state index contributed by atoms with van der Waals surface area (Å²) in [5, 5.41) is 3.18. The number of nitrogens with zero attached hydrogens (tertiary/aromatic N) is 1. The van der Waals surface area contributed by atoms with Gasteiger partial charge in [0.1, 0.15) is 11.9 Å². The average molecular weight is 283 g/mol. The Bertz CT molecular complexity index is 428. The molecule has 0 radical (unpaired) electrons. The zero-order chi connectivity index (χ0) is 14.8. The molecule has 1 aromatic rings. The Hall–Kier alpha value is -1.24. The third-order valence-corrected chi connectivity index (χ3v) is 2.83. The Morgan fingerprint density at radius 2 is 2.25 bits per heavy atom. The number of H-pyrrole nitrogens is 1. The van der Waals surface area contributed by atoms with Gasteiger partial charge in [-0.2, -0.15) is 0 Å². The van der Waals surface area contributed by atoms with Gasteiger partial charge >= 0.3 is 0 Å². The number of ether oxygens (including phenoxy) is 2. The van der Waals surface area contributed by atoms with Crippen LogP contribution in [0.5, 0.6) is 0 Å². The molecule has 0 fully saturated rings. The molecule has 6 nitrogen and oxygen atoms in total. The molecule has 0 aliphatic carbocycles. The Kier molecular flexibility index (Phi) is 8.10. The van der Waals surface area contributed by atoms with Crippen molar-refractivity contribution in [2.45, 2.75) is 39.3 Å². The molecule has 20 heavy (non-hydrogen) atoms. The second-order valence-corrected chi connectivity index (χ2v) is 4.52. The lowest BCUT2D eigenvalue weighted by Gasteiger charge is -2.16. The van der Waals surface area contributed by atoms with E-state index < -0.39 is 0 Å². The molecule has 1 atom stereocenters. The van der Waals surface area contributed by atoms with Crippen LogP contribution in [0.15, 0.2) is 10.9 Å². The minimum absolute atomic E-state index is 0.139. The van der Waals surface area contributed by atoms with Gasteiger partial charge in [0.25, 0.3) is 5.56 Å². The topological polar surface area (TPSA) is 76.2 Å². The Morgan fingerprint density at radius 3 is 2.90 bits per heavy atom. The third-order valence-electron chi connectivity index (χ3n) is 2.83. The molecule has 0 spiro atoms. The molecule has 0 aromatic carbocycles. The highest BCUT2D eigenvalue weighted by molar-refractivity contribution is 5.04. The highest BCUT2D eigenvalue weighted by Crippen LogP contribution is 2.18. The Morgan fingerprint density at radius 1 is 1.45 bits per heavy atom. The lowest BCUT2D eigenvalue weighted by molar-refractivity contribution is 0.0490. The van der Waals surface area contributed by atoms with Crippen molar-refractivity contribution in [1.29, 1.82) is 0 Å². The largest absolute Gasteiger partial charge is 0.383 e. The number of methoxy groups -OCH3 is 1. The van der Waals surface area contributed by atoms with Crippen molar-refractivity contribution in [3.05, 3.63) is 27.9 Å². The fourth-order valence-corrected chi connectivity index (χ4v) is 1.92. The standard InChI is InChI=1S/C14H25N3O3/c1-4-6-12(20-5-2)14-16-11(9-13(18)17-14)10-15-7-8-19-3/h9,12,15H,4-8,10H2,1-3H3,(H,16,17,18). The van der Waals surface area contributed by atoms with Crippen LogP contribution in [-0.4, -0.2) is 36.8 Å². The van der Waals surface area contributed by atoms with Crippen molar-refractivity contribution >= 4 is 0 Å². The smallest absolute Gasteiger partial charge is 0.251 e. The number of aromatic amines is 1. The van der Waals surface area contributed by atoms with Gasteiger partial charge in [-0.05, 0) is 13.3 Å². The minimum Gasteiger partial charge on any atom is -0.383 e. The SMILES string of the molecule is CCCC(OCC)c1nc(CNCCOC)cc(=O)[nH]1. The summed E-state index contributed by atoms with van der Waals surface area (Å²) >= 11 is 0. The van der Waals surface area contributed by atoms with Gasteiger partial charge in [-0.1, -0.05) is 13.3 Å². The maximum atomic E-state index is 11.7. The summed E-state index contributed by atoms with van der Waals surface area (Å²) in [7, 11) is 1.66. The first-order chi connectivity index (χ1) is 9.71. The number of rotatable bonds is 10. The molecule has 0 amide bonds. The molecule has 0 bridgehead atoms. The monoisotopic (exact) mass is 283 g/mol. The summed E-state index contributed by atoms with van der Waals surface area (Å²) in [5.41, 5.74) is 0.583. The van der Waals surface area contributed by atoms with Crippen LogP contribution < -0.4 is 10.9 Å². The maximum Gasteiger partial charge on any atom is 0.251 e. The summed E-state index contributed by atoms with van der Waals surface area (Å²) in [4.78, 5) is 19.0. The lowest BCUT2D eigenvalue weighted by atomic mass is 10.2. The van der Waals surface area contributed by atoms with E-state index in [1.54, 1.807) is 7.11 Å². The summed E-state index contributed by atoms with van der Waals surface area (Å²) < 4.78 is 10.6. The zero-order valence-electron chi connectivity index (χ0n) is 12.6. The molecule has 1 aromatic heterocycles. The van der Waals surface area contributed by atoms with Crippen molar-refractivity contribution in [3.63, 3.8) is 0 Å². The second-order valence-electron chi connectivity index (χ2n) is 4.52. The molecule has 1 unspecified atom stereocenters. The first-order valence-electron chi connectivity index (χ1n) is 7.12. The predicted molar refractivity (Wildman–Crippen MR) is 77.7 cm³/mol. The third kappa shape index (κ3) is 5.81. The fourth-order valence-electron chi connectivity index (χ4n) is 1.92. The van der Waals surface area contributed by atoms with Gasteiger partial charge < -0.3 is 19.8 Å². The van der Waals surface area contributed by atoms with Gasteiger partial charge in [0, 0.05) is 32.9 Å². The van der Waals surface area contributed by atoms with E-state index in [1.165, 1.54) is 6.07 Å². The molecule has 6 heteroatoms. The molecular weight excluding hydrogens is 258 g/mol. The first kappa shape index (κ1) is 16.8. The van der Waals surface area contributed by atoms with Crippen LogP contribution in [0.4, 0.5) is 0 Å². The molecular formula is C14H25N3O3. The van der Waals surface area contributed by atoms with E-state index in [4.69, 9.17) is 9.47 Å². The predicted octanol–water partition coefficient (Wildman–Crippen LogP) is 1.38. The highest BCUT2D eigenvalue weighted by Gasteiger charge is 2.14. The highest BCUT2D eigenvalue weighted by atomic mass is 16.5. The van der Waals surface area contributed by atoms with Crippen molar-refractivity contribution in [1.82, 2.24) is 15.3 Å². The van der Waals surface area contributed by atoms with Gasteiger partial charge in [-0.25, -0.2) is 4.98 Å². The van der Waals surface area contributed by atoms with E-state index in [9.17, 15) is 4.79 Å². The fraction of sp³-hybridized carbons (Fsp3) is 0.714. The van der Waals surface area contributed by atoms with Crippen LogP contribution >= 0.6 is 0 Å². The van der Waals surface area contributed by atoms with Crippen molar-refractivity contribution in [3.8, 4) is 0 Å². The average Bonchev–Trinajstić information content (AvgIpc) is 2.43. The van der Waals surface area contributed by atoms with Crippen LogP contribution in [0.25, 0.3) is 0 Å². The van der Waals surface area contributed by atoms with Crippen molar-refractivity contribution < 1.29 is 9.47 Å². The summed E-state index contributed by atoms with van der Waals surface area (Å²) in [6, 6.07) is 1.51. The van der Waals surface area contributed by atoms with E-state index in [0.717, 1.165) is 25.1 Å². The quantitative estimate of drug-likeness (QED) is 0.635. The maximum absolute atomic E-state index is 11.7. The van der Waals surface area contributed by atoms with Crippen molar-refractivity contribution in [2.24, 2.45) is 0 Å². The first-order valence-corrected chi connectivity index (χ1v) is 7.12. The van der Waals surface area contributed by atoms with Gasteiger partial charge in [0.15, 0.2) is 0 Å². The van der Waals surface area contributed by atoms with Gasteiger partial charge in [0.2, 0.25) is 0 Å². The molecule has 114 valence electrons. The second kappa shape index (κ2) is 9.63. The van der Waals surface area contributed by atoms with E-state index in [-0.39, 0.29) is 11.7 Å². The van der Waals surface area contributed by atoms with E-state index >= 15 is 0 Å². The Balaban J connectivity index is 2.75. The molecule has 0 aliphatic heterocycles. The lowest BCUT2D eigenvalue weighted by Crippen LogP contribution is -2.23. The van der Waals surface area contributed by atoms with Crippen LogP contribution in [-0.2, 0) is 16.0 Å². The van der Waals surface area contributed by atoms with Crippen LogP contribution in [0, 0.1) is 0 Å². The number of hydrogen-bond donors (Lipinski definition) is 2. The van der Waals surface area contributed by atoms with E-state index in [1.807, 2.05) is 6.92 Å². The van der Waals surface area contributed by atoms with Gasteiger partial charge in [0.05, 0.1) is 12.3 Å². The summed E-state index contributed by atoms with van der Waals surface area (Å²) in [6.07, 6.45) is 1.68. The summed E-state index contributed by atoms with van der Waals surface area (Å²) in [6.45, 7) is 6.53. The van der Waals surface area contributed by atoms with Gasteiger partial charge in [-0.15, -0.1) is 0 Å². The molecule has 0 aliphatic rings. The molecule has 1 heterocycles. The van der Waals surface area contributed by atoms with Crippen LogP contribution in [0.3, 0.4) is 0 Å².